The van der Waals surface area contributed by atoms with Crippen molar-refractivity contribution in [2.24, 2.45) is 0 Å². The molecule has 5 rings (SSSR count). The van der Waals surface area contributed by atoms with Gasteiger partial charge in [0.05, 0.1) is 11.6 Å². The molecular weight excluding hydrogens is 466 g/mol. The average Bonchev–Trinajstić information content (AvgIpc) is 3.53. The van der Waals surface area contributed by atoms with Crippen LogP contribution in [-0.2, 0) is 10.2 Å². The number of rotatable bonds is 7. The largest absolute Gasteiger partial charge is 0.326 e. The fourth-order valence-corrected chi connectivity index (χ4v) is 6.15. The van der Waals surface area contributed by atoms with Crippen molar-refractivity contribution in [1.82, 2.24) is 4.90 Å². The summed E-state index contributed by atoms with van der Waals surface area (Å²) in [5.41, 5.74) is 5.06. The van der Waals surface area contributed by atoms with Crippen LogP contribution in [0.3, 0.4) is 0 Å². The Morgan fingerprint density at radius 2 is 1.61 bits per heavy atom. The monoisotopic (exact) mass is 507 g/mol. The molecule has 4 nitrogen and oxygen atoms in total. The van der Waals surface area contributed by atoms with Gasteiger partial charge in [-0.1, -0.05) is 81.3 Å². The van der Waals surface area contributed by atoms with E-state index in [1.807, 2.05) is 62.4 Å². The number of nitrogens with zero attached hydrogens (tertiary/aromatic N) is 2. The standard InChI is InChI=1S/C32H35N3O.C2H6/c33-24-25-7-6-8-27(23-25)26-13-15-28(16-14-26)32(18-17-31(36)34-29-9-2-1-3-10-29)19-21-35(22-20-32)30-11-4-5-12-30;1-2/h1-3,6-10,13-16,23,30H,4-5,11-12,17-22H2,(H,34,36);1-2H3. The van der Waals surface area contributed by atoms with Crippen LogP contribution in [0, 0.1) is 11.3 Å². The molecule has 1 saturated heterocycles. The lowest BCUT2D eigenvalue weighted by molar-refractivity contribution is -0.116. The normalized spacial score (nSPS) is 17.2. The molecule has 38 heavy (non-hydrogen) atoms. The second-order valence-electron chi connectivity index (χ2n) is 10.4. The van der Waals surface area contributed by atoms with Gasteiger partial charge in [0.2, 0.25) is 5.91 Å². The number of hydrogen-bond acceptors (Lipinski definition) is 3. The van der Waals surface area contributed by atoms with Crippen LogP contribution in [-0.4, -0.2) is 29.9 Å². The smallest absolute Gasteiger partial charge is 0.224 e. The van der Waals surface area contributed by atoms with Crippen molar-refractivity contribution in [3.05, 3.63) is 90.0 Å². The Hall–Kier alpha value is -3.42. The van der Waals surface area contributed by atoms with Crippen molar-refractivity contribution < 1.29 is 4.79 Å². The minimum Gasteiger partial charge on any atom is -0.326 e. The fraction of sp³-hybridized carbons (Fsp3) is 0.412. The topological polar surface area (TPSA) is 56.1 Å². The summed E-state index contributed by atoms with van der Waals surface area (Å²) in [6, 6.07) is 29.4. The molecule has 198 valence electrons. The zero-order valence-corrected chi connectivity index (χ0v) is 23.0. The Kier molecular flexibility index (Phi) is 9.73. The summed E-state index contributed by atoms with van der Waals surface area (Å²) in [4.78, 5) is 15.6. The first-order valence-corrected chi connectivity index (χ1v) is 14.4. The minimum atomic E-state index is 0.0101. The molecule has 0 spiro atoms. The lowest BCUT2D eigenvalue weighted by Gasteiger charge is -2.44. The Morgan fingerprint density at radius 3 is 2.26 bits per heavy atom. The first-order chi connectivity index (χ1) is 18.6. The molecule has 3 aromatic rings. The predicted molar refractivity (Wildman–Crippen MR) is 157 cm³/mol. The van der Waals surface area contributed by atoms with E-state index in [2.05, 4.69) is 46.6 Å². The number of amides is 1. The lowest BCUT2D eigenvalue weighted by atomic mass is 9.69. The van der Waals surface area contributed by atoms with Crippen molar-refractivity contribution in [3.63, 3.8) is 0 Å². The molecule has 2 fully saturated rings. The molecule has 1 aliphatic carbocycles. The van der Waals surface area contributed by atoms with Gasteiger partial charge in [-0.15, -0.1) is 0 Å². The van der Waals surface area contributed by atoms with E-state index in [4.69, 9.17) is 0 Å². The van der Waals surface area contributed by atoms with Gasteiger partial charge in [-0.25, -0.2) is 0 Å². The molecule has 1 aliphatic heterocycles. The highest BCUT2D eigenvalue weighted by atomic mass is 16.1. The summed E-state index contributed by atoms with van der Waals surface area (Å²) in [6.45, 7) is 6.22. The molecule has 0 bridgehead atoms. The van der Waals surface area contributed by atoms with Gasteiger partial charge < -0.3 is 10.2 Å². The van der Waals surface area contributed by atoms with Gasteiger partial charge in [0.15, 0.2) is 0 Å². The second kappa shape index (κ2) is 13.4. The molecule has 0 unspecified atom stereocenters. The molecule has 0 radical (unpaired) electrons. The van der Waals surface area contributed by atoms with E-state index >= 15 is 0 Å². The third kappa shape index (κ3) is 6.71. The van der Waals surface area contributed by atoms with Gasteiger partial charge in [0, 0.05) is 18.2 Å². The number of carbonyl (C=O) groups is 1. The third-order valence-corrected chi connectivity index (χ3v) is 8.31. The Morgan fingerprint density at radius 1 is 0.921 bits per heavy atom. The maximum atomic E-state index is 12.9. The van der Waals surface area contributed by atoms with Crippen molar-refractivity contribution in [3.8, 4) is 17.2 Å². The van der Waals surface area contributed by atoms with Gasteiger partial charge in [-0.05, 0) is 91.6 Å². The van der Waals surface area contributed by atoms with Gasteiger partial charge in [0.1, 0.15) is 0 Å². The molecule has 2 aliphatic rings. The van der Waals surface area contributed by atoms with E-state index in [0.717, 1.165) is 55.2 Å². The number of benzene rings is 3. The number of nitrogens with one attached hydrogen (secondary N) is 1. The van der Waals surface area contributed by atoms with Crippen molar-refractivity contribution in [1.29, 1.82) is 5.26 Å². The van der Waals surface area contributed by atoms with E-state index in [1.165, 1.54) is 31.2 Å². The summed E-state index contributed by atoms with van der Waals surface area (Å²) in [5.74, 6) is 0.0868. The minimum absolute atomic E-state index is 0.0101. The number of para-hydroxylation sites is 1. The summed E-state index contributed by atoms with van der Waals surface area (Å²) in [6.07, 6.45) is 8.95. The third-order valence-electron chi connectivity index (χ3n) is 8.31. The highest BCUT2D eigenvalue weighted by Gasteiger charge is 2.38. The molecule has 0 aromatic heterocycles. The summed E-state index contributed by atoms with van der Waals surface area (Å²) in [7, 11) is 0. The number of nitriles is 1. The molecule has 3 aromatic carbocycles. The number of hydrogen-bond donors (Lipinski definition) is 1. The molecule has 1 heterocycles. The van der Waals surface area contributed by atoms with Gasteiger partial charge in [0.25, 0.3) is 0 Å². The molecule has 4 heteroatoms. The number of carbonyl (C=O) groups excluding carboxylic acids is 1. The summed E-state index contributed by atoms with van der Waals surface area (Å²) in [5, 5.41) is 12.3. The molecular formula is C34H41N3O. The molecule has 0 atom stereocenters. The fourth-order valence-electron chi connectivity index (χ4n) is 6.15. The lowest BCUT2D eigenvalue weighted by Crippen LogP contribution is -2.46. The SMILES string of the molecule is CC.N#Cc1cccc(-c2ccc(C3(CCC(=O)Nc4ccccc4)CCN(C4CCCC4)CC3)cc2)c1. The van der Waals surface area contributed by atoms with Gasteiger partial charge in [-0.3, -0.25) is 4.79 Å². The zero-order chi connectivity index (χ0) is 26.8. The van der Waals surface area contributed by atoms with Crippen molar-refractivity contribution >= 4 is 11.6 Å². The molecule has 1 amide bonds. The van der Waals surface area contributed by atoms with Crippen LogP contribution in [0.15, 0.2) is 78.9 Å². The summed E-state index contributed by atoms with van der Waals surface area (Å²) < 4.78 is 0. The predicted octanol–water partition coefficient (Wildman–Crippen LogP) is 7.95. The molecule has 1 N–H and O–H groups in total. The average molecular weight is 508 g/mol. The summed E-state index contributed by atoms with van der Waals surface area (Å²) >= 11 is 0. The van der Waals surface area contributed by atoms with E-state index in [-0.39, 0.29) is 11.3 Å². The van der Waals surface area contributed by atoms with Crippen LogP contribution < -0.4 is 5.32 Å². The maximum Gasteiger partial charge on any atom is 0.224 e. The Labute approximate surface area is 228 Å². The van der Waals surface area contributed by atoms with Crippen LogP contribution >= 0.6 is 0 Å². The quantitative estimate of drug-likeness (QED) is 0.353. The van der Waals surface area contributed by atoms with Crippen LogP contribution in [0.4, 0.5) is 5.69 Å². The Balaban J connectivity index is 0.00000164. The van der Waals surface area contributed by atoms with Gasteiger partial charge >= 0.3 is 0 Å². The Bertz CT molecular complexity index is 1200. The van der Waals surface area contributed by atoms with E-state index < -0.39 is 0 Å². The second-order valence-corrected chi connectivity index (χ2v) is 10.4. The number of anilines is 1. The van der Waals surface area contributed by atoms with Crippen LogP contribution in [0.2, 0.25) is 0 Å². The van der Waals surface area contributed by atoms with Crippen LogP contribution in [0.5, 0.6) is 0 Å². The van der Waals surface area contributed by atoms with Crippen molar-refractivity contribution in [2.75, 3.05) is 18.4 Å². The number of piperidine rings is 1. The van der Waals surface area contributed by atoms with Crippen LogP contribution in [0.25, 0.3) is 11.1 Å². The number of likely N-dealkylation sites (tertiary alicyclic amines) is 1. The first-order valence-electron chi connectivity index (χ1n) is 14.4. The van der Waals surface area contributed by atoms with Crippen molar-refractivity contribution in [2.45, 2.75) is 76.7 Å². The molecule has 1 saturated carbocycles. The highest BCUT2D eigenvalue weighted by Crippen LogP contribution is 2.42. The van der Waals surface area contributed by atoms with E-state index in [0.29, 0.717) is 12.0 Å². The highest BCUT2D eigenvalue weighted by molar-refractivity contribution is 5.90. The van der Waals surface area contributed by atoms with Crippen LogP contribution in [0.1, 0.15) is 76.3 Å². The zero-order valence-electron chi connectivity index (χ0n) is 23.0. The first kappa shape index (κ1) is 27.6. The van der Waals surface area contributed by atoms with E-state index in [1.54, 1.807) is 0 Å². The maximum absolute atomic E-state index is 12.9. The van der Waals surface area contributed by atoms with Gasteiger partial charge in [-0.2, -0.15) is 5.26 Å². The van der Waals surface area contributed by atoms with E-state index in [9.17, 15) is 10.1 Å².